The van der Waals surface area contributed by atoms with Gasteiger partial charge in [0.05, 0.1) is 5.56 Å². The van der Waals surface area contributed by atoms with E-state index in [9.17, 15) is 18.0 Å². The molecule has 196 valence electrons. The summed E-state index contributed by atoms with van der Waals surface area (Å²) in [6.45, 7) is 6.43. The van der Waals surface area contributed by atoms with Crippen molar-refractivity contribution in [1.29, 1.82) is 0 Å². The quantitative estimate of drug-likeness (QED) is 0.340. The molecule has 0 saturated carbocycles. The van der Waals surface area contributed by atoms with Gasteiger partial charge in [0.25, 0.3) is 0 Å². The molecule has 0 atom stereocenters. The molecule has 8 heteroatoms. The fourth-order valence-electron chi connectivity index (χ4n) is 3.38. The number of ether oxygens (including phenoxy) is 1. The number of benzene rings is 2. The van der Waals surface area contributed by atoms with E-state index in [-0.39, 0.29) is 6.61 Å². The van der Waals surface area contributed by atoms with Gasteiger partial charge in [-0.25, -0.2) is 4.79 Å². The molecule has 2 aromatic rings. The first-order valence-electron chi connectivity index (χ1n) is 11.4. The van der Waals surface area contributed by atoms with Gasteiger partial charge in [-0.1, -0.05) is 32.0 Å². The summed E-state index contributed by atoms with van der Waals surface area (Å²) in [5.74, 6) is 1.18. The molecule has 3 rings (SSSR count). The van der Waals surface area contributed by atoms with Crippen molar-refractivity contribution in [3.63, 3.8) is 0 Å². The van der Waals surface area contributed by atoms with Crippen LogP contribution in [0.4, 0.5) is 13.2 Å². The highest BCUT2D eigenvalue weighted by molar-refractivity contribution is 7.98. The molecule has 0 saturated heterocycles. The zero-order chi connectivity index (χ0) is 27.6. The summed E-state index contributed by atoms with van der Waals surface area (Å²) < 4.78 is 43.1. The number of carboxylic acid groups (broad SMARTS) is 1. The van der Waals surface area contributed by atoms with E-state index in [0.717, 1.165) is 55.9 Å². The Balaban J connectivity index is 0.00000190. The minimum atomic E-state index is -4.29. The monoisotopic (exact) mass is 521 g/mol. The van der Waals surface area contributed by atoms with E-state index >= 15 is 0 Å². The molecule has 0 aromatic heterocycles. The number of halogens is 3. The van der Waals surface area contributed by atoms with Crippen LogP contribution in [0.1, 0.15) is 36.1 Å². The summed E-state index contributed by atoms with van der Waals surface area (Å²) >= 11 is 1.72. The number of nitrogens with zero attached hydrogens (tertiary/aromatic N) is 1. The van der Waals surface area contributed by atoms with Crippen molar-refractivity contribution in [2.24, 2.45) is 0 Å². The molecule has 0 fully saturated rings. The predicted octanol–water partition coefficient (Wildman–Crippen LogP) is 6.03. The second kappa shape index (κ2) is 18.2. The lowest BCUT2D eigenvalue weighted by molar-refractivity contribution is -0.139. The maximum atomic E-state index is 12.6. The van der Waals surface area contributed by atoms with Crippen LogP contribution in [0.2, 0.25) is 0 Å². The third-order valence-electron chi connectivity index (χ3n) is 5.04. The van der Waals surface area contributed by atoms with Gasteiger partial charge in [0.2, 0.25) is 0 Å². The second-order valence-corrected chi connectivity index (χ2v) is 8.31. The molecule has 1 N–H and O–H groups in total. The first kappa shape index (κ1) is 32.9. The van der Waals surface area contributed by atoms with Crippen LogP contribution in [0.3, 0.4) is 0 Å². The number of carbonyl (C=O) groups is 1. The Morgan fingerprint density at radius 3 is 2.14 bits per heavy atom. The van der Waals surface area contributed by atoms with Crippen LogP contribution in [0.25, 0.3) is 0 Å². The van der Waals surface area contributed by atoms with Gasteiger partial charge in [0, 0.05) is 31.1 Å². The maximum absolute atomic E-state index is 12.6. The highest BCUT2D eigenvalue weighted by atomic mass is 32.2. The number of hydrogen-bond acceptors (Lipinski definition) is 4. The average molecular weight is 522 g/mol. The minimum Gasteiger partial charge on any atom is -0.482 e. The molecule has 0 aliphatic carbocycles. The van der Waals surface area contributed by atoms with Gasteiger partial charge in [0.15, 0.2) is 6.61 Å². The number of aliphatic carboxylic acids is 1. The Hall–Kier alpha value is -3.07. The van der Waals surface area contributed by atoms with Gasteiger partial charge < -0.3 is 14.7 Å². The molecule has 1 heterocycles. The van der Waals surface area contributed by atoms with Gasteiger partial charge in [-0.2, -0.15) is 24.9 Å². The fraction of sp³-hybridized carbons (Fsp3) is 0.393. The zero-order valence-corrected chi connectivity index (χ0v) is 21.6. The van der Waals surface area contributed by atoms with Crippen molar-refractivity contribution in [2.45, 2.75) is 38.6 Å². The van der Waals surface area contributed by atoms with Gasteiger partial charge in [-0.3, -0.25) is 0 Å². The fourth-order valence-corrected chi connectivity index (χ4v) is 4.34. The van der Waals surface area contributed by atoms with Crippen LogP contribution in [0, 0.1) is 25.7 Å². The predicted molar refractivity (Wildman–Crippen MR) is 142 cm³/mol. The van der Waals surface area contributed by atoms with Crippen molar-refractivity contribution < 1.29 is 27.8 Å². The summed E-state index contributed by atoms with van der Waals surface area (Å²) in [6, 6.07) is 11.1. The van der Waals surface area contributed by atoms with Crippen LogP contribution in [-0.2, 0) is 29.6 Å². The molecule has 0 bridgehead atoms. The molecule has 1 aliphatic heterocycles. The molecule has 0 spiro atoms. The van der Waals surface area contributed by atoms with Crippen LogP contribution in [-0.4, -0.2) is 48.0 Å². The summed E-state index contributed by atoms with van der Waals surface area (Å²) in [7, 11) is 0. The smallest absolute Gasteiger partial charge is 0.416 e. The highest BCUT2D eigenvalue weighted by Crippen LogP contribution is 2.29. The summed E-state index contributed by atoms with van der Waals surface area (Å²) in [4.78, 5) is 13.0. The SMILES string of the molecule is C#C.C#C.CC.O=C(O)COc1ccc2c(c1)CCN(CCSCc1ccc(C(F)(F)F)cc1)CC2. The number of rotatable bonds is 8. The van der Waals surface area contributed by atoms with E-state index in [1.807, 2.05) is 32.0 Å². The van der Waals surface area contributed by atoms with Crippen molar-refractivity contribution >= 4 is 17.7 Å². The van der Waals surface area contributed by atoms with Gasteiger partial charge in [-0.05, 0) is 53.8 Å². The Morgan fingerprint density at radius 2 is 1.58 bits per heavy atom. The summed E-state index contributed by atoms with van der Waals surface area (Å²) in [6.07, 6.45) is 13.5. The minimum absolute atomic E-state index is 0.346. The largest absolute Gasteiger partial charge is 0.482 e. The Morgan fingerprint density at radius 1 is 1.00 bits per heavy atom. The number of thioether (sulfide) groups is 1. The van der Waals surface area contributed by atoms with E-state index in [0.29, 0.717) is 11.5 Å². The summed E-state index contributed by atoms with van der Waals surface area (Å²) in [5, 5.41) is 8.73. The molecule has 36 heavy (non-hydrogen) atoms. The van der Waals surface area contributed by atoms with Gasteiger partial charge >= 0.3 is 12.1 Å². The third-order valence-corrected chi connectivity index (χ3v) is 6.05. The van der Waals surface area contributed by atoms with Crippen LogP contribution < -0.4 is 4.74 Å². The van der Waals surface area contributed by atoms with E-state index < -0.39 is 17.7 Å². The first-order chi connectivity index (χ1) is 17.3. The lowest BCUT2D eigenvalue weighted by atomic mass is 10.0. The number of hydrogen-bond donors (Lipinski definition) is 1. The summed E-state index contributed by atoms with van der Waals surface area (Å²) in [5.41, 5.74) is 2.73. The lowest BCUT2D eigenvalue weighted by Crippen LogP contribution is -2.28. The number of alkyl halides is 3. The third kappa shape index (κ3) is 12.1. The Bertz CT molecular complexity index is 935. The number of carboxylic acids is 1. The lowest BCUT2D eigenvalue weighted by Gasteiger charge is -2.19. The van der Waals surface area contributed by atoms with Crippen LogP contribution in [0.15, 0.2) is 42.5 Å². The van der Waals surface area contributed by atoms with E-state index in [1.54, 1.807) is 23.9 Å². The molecule has 2 aromatic carbocycles. The Labute approximate surface area is 217 Å². The highest BCUT2D eigenvalue weighted by Gasteiger charge is 2.29. The standard InChI is InChI=1S/C22H24F3NO3S.C2H6.2C2H2/c23-22(24,25)19-4-1-16(2-5-19)15-30-12-11-26-9-7-17-3-6-20(29-14-21(27)28)13-18(17)8-10-26;3*1-2/h1-6,13H,7-12,14-15H2,(H,27,28);1-2H3;2*1-2H. The van der Waals surface area contributed by atoms with Crippen LogP contribution >= 0.6 is 11.8 Å². The average Bonchev–Trinajstić information content (AvgIpc) is 3.10. The molecular formula is C28H34F3NO3S. The van der Waals surface area contributed by atoms with Crippen molar-refractivity contribution in [3.05, 3.63) is 64.7 Å². The maximum Gasteiger partial charge on any atom is 0.416 e. The zero-order valence-electron chi connectivity index (χ0n) is 20.8. The molecule has 1 aliphatic rings. The molecule has 0 radical (unpaired) electrons. The molecule has 4 nitrogen and oxygen atoms in total. The molecule has 0 amide bonds. The van der Waals surface area contributed by atoms with Crippen LogP contribution in [0.5, 0.6) is 5.75 Å². The van der Waals surface area contributed by atoms with Crippen molar-refractivity contribution in [2.75, 3.05) is 32.0 Å². The first-order valence-corrected chi connectivity index (χ1v) is 12.6. The normalized spacial score (nSPS) is 12.6. The van der Waals surface area contributed by atoms with E-state index in [4.69, 9.17) is 9.84 Å². The van der Waals surface area contributed by atoms with E-state index in [2.05, 4.69) is 30.6 Å². The number of fused-ring (bicyclic) bond motifs is 1. The molecule has 0 unspecified atom stereocenters. The molecular weight excluding hydrogens is 487 g/mol. The van der Waals surface area contributed by atoms with Crippen molar-refractivity contribution in [1.82, 2.24) is 4.90 Å². The topological polar surface area (TPSA) is 49.8 Å². The second-order valence-electron chi connectivity index (χ2n) is 7.20. The van der Waals surface area contributed by atoms with Gasteiger partial charge in [0.1, 0.15) is 5.75 Å². The van der Waals surface area contributed by atoms with Crippen molar-refractivity contribution in [3.8, 4) is 31.4 Å². The van der Waals surface area contributed by atoms with Gasteiger partial charge in [-0.15, -0.1) is 25.7 Å². The van der Waals surface area contributed by atoms with E-state index in [1.165, 1.54) is 11.1 Å². The number of terminal acetylenes is 2. The Kier molecular flexibility index (Phi) is 16.7.